The average molecular weight is 478 g/mol. The second-order valence-corrected chi connectivity index (χ2v) is 9.19. The Morgan fingerprint density at radius 3 is 2.29 bits per heavy atom. The van der Waals surface area contributed by atoms with Crippen molar-refractivity contribution in [1.82, 2.24) is 0 Å². The summed E-state index contributed by atoms with van der Waals surface area (Å²) < 4.78 is 0.745. The monoisotopic (exact) mass is 477 g/mol. The van der Waals surface area contributed by atoms with E-state index >= 15 is 0 Å². The van der Waals surface area contributed by atoms with Crippen LogP contribution in [0.1, 0.15) is 44.6 Å². The fraction of sp³-hybridized carbons (Fsp3) is 0.231. The first-order chi connectivity index (χ1) is 14.7. The van der Waals surface area contributed by atoms with Crippen LogP contribution >= 0.6 is 15.9 Å². The van der Waals surface area contributed by atoms with Gasteiger partial charge in [-0.2, -0.15) is 0 Å². The van der Waals surface area contributed by atoms with Gasteiger partial charge in [-0.1, -0.05) is 64.0 Å². The molecule has 0 saturated heterocycles. The number of carbonyl (C=O) groups excluding carboxylic acids is 2. The molecular weight excluding hydrogens is 454 g/mol. The van der Waals surface area contributed by atoms with E-state index in [-0.39, 0.29) is 12.2 Å². The lowest BCUT2D eigenvalue weighted by atomic mass is 9.85. The van der Waals surface area contributed by atoms with Crippen molar-refractivity contribution >= 4 is 33.3 Å². The molecule has 4 rings (SSSR count). The van der Waals surface area contributed by atoms with Crippen LogP contribution in [0.2, 0.25) is 0 Å². The summed E-state index contributed by atoms with van der Waals surface area (Å²) in [4.78, 5) is 28.4. The number of hydrogen-bond acceptors (Lipinski definition) is 3. The molecular formula is C26H24BrNO3. The normalized spacial score (nSPS) is 17.7. The number of hydrogen-bond donors (Lipinski definition) is 1. The minimum absolute atomic E-state index is 0.238. The van der Waals surface area contributed by atoms with E-state index in [9.17, 15) is 14.7 Å². The standard InChI is InChI=1S/C26H24BrNO3/c1-16-11-17(2)24(18(3)12-16)23(29)14-26(31)21-13-20(27)9-10-22(21)28(25(26)30)15-19-7-5-4-6-8-19/h4-13,31H,14-15H2,1-3H3/t26-/m0/s1. The predicted molar refractivity (Wildman–Crippen MR) is 125 cm³/mol. The fourth-order valence-corrected chi connectivity index (χ4v) is 4.92. The number of benzene rings is 3. The molecule has 5 heteroatoms. The maximum Gasteiger partial charge on any atom is 0.264 e. The van der Waals surface area contributed by atoms with Gasteiger partial charge in [0.2, 0.25) is 0 Å². The number of aliphatic hydroxyl groups is 1. The number of fused-ring (bicyclic) bond motifs is 1. The van der Waals surface area contributed by atoms with Crippen LogP contribution in [0.5, 0.6) is 0 Å². The number of Topliss-reactive ketones (excluding diaryl/α,β-unsaturated/α-hetero) is 1. The molecule has 0 fully saturated rings. The van der Waals surface area contributed by atoms with E-state index in [0.29, 0.717) is 23.4 Å². The maximum atomic E-state index is 13.5. The Labute approximate surface area is 190 Å². The van der Waals surface area contributed by atoms with Gasteiger partial charge in [0.05, 0.1) is 18.7 Å². The number of aryl methyl sites for hydroxylation is 3. The van der Waals surface area contributed by atoms with Gasteiger partial charge in [-0.3, -0.25) is 9.59 Å². The van der Waals surface area contributed by atoms with Crippen LogP contribution in [-0.4, -0.2) is 16.8 Å². The number of amides is 1. The van der Waals surface area contributed by atoms with Gasteiger partial charge in [-0.15, -0.1) is 0 Å². The highest BCUT2D eigenvalue weighted by atomic mass is 79.9. The summed E-state index contributed by atoms with van der Waals surface area (Å²) in [7, 11) is 0. The quantitative estimate of drug-likeness (QED) is 0.501. The Bertz CT molecular complexity index is 1170. The van der Waals surface area contributed by atoms with Crippen LogP contribution in [-0.2, 0) is 16.9 Å². The Hall–Kier alpha value is -2.76. The van der Waals surface area contributed by atoms with Gasteiger partial charge in [0.15, 0.2) is 11.4 Å². The van der Waals surface area contributed by atoms with Gasteiger partial charge in [-0.05, 0) is 55.7 Å². The third kappa shape index (κ3) is 3.84. The Morgan fingerprint density at radius 2 is 1.65 bits per heavy atom. The molecule has 1 atom stereocenters. The molecule has 0 spiro atoms. The molecule has 0 aromatic heterocycles. The molecule has 158 valence electrons. The van der Waals surface area contributed by atoms with Crippen LogP contribution in [0, 0.1) is 20.8 Å². The van der Waals surface area contributed by atoms with Crippen LogP contribution < -0.4 is 4.90 Å². The lowest BCUT2D eigenvalue weighted by molar-refractivity contribution is -0.136. The minimum Gasteiger partial charge on any atom is -0.375 e. The Kier molecular flexibility index (Phi) is 5.58. The molecule has 0 saturated carbocycles. The first kappa shape index (κ1) is 21.5. The van der Waals surface area contributed by atoms with Gasteiger partial charge < -0.3 is 10.0 Å². The molecule has 0 unspecified atom stereocenters. The van der Waals surface area contributed by atoms with E-state index in [4.69, 9.17) is 0 Å². The van der Waals surface area contributed by atoms with Gasteiger partial charge in [0.25, 0.3) is 5.91 Å². The molecule has 1 heterocycles. The second-order valence-electron chi connectivity index (χ2n) is 8.27. The highest BCUT2D eigenvalue weighted by Crippen LogP contribution is 2.45. The lowest BCUT2D eigenvalue weighted by Crippen LogP contribution is -2.41. The molecule has 1 amide bonds. The van der Waals surface area contributed by atoms with Gasteiger partial charge >= 0.3 is 0 Å². The first-order valence-corrected chi connectivity index (χ1v) is 11.0. The zero-order valence-electron chi connectivity index (χ0n) is 17.8. The number of rotatable bonds is 5. The number of ketones is 1. The summed E-state index contributed by atoms with van der Waals surface area (Å²) in [5.41, 5.74) is 3.48. The number of anilines is 1. The van der Waals surface area contributed by atoms with Crippen molar-refractivity contribution in [3.63, 3.8) is 0 Å². The highest BCUT2D eigenvalue weighted by Gasteiger charge is 2.51. The minimum atomic E-state index is -1.91. The van der Waals surface area contributed by atoms with Crippen LogP contribution in [0.4, 0.5) is 5.69 Å². The van der Waals surface area contributed by atoms with E-state index < -0.39 is 11.5 Å². The SMILES string of the molecule is Cc1cc(C)c(C(=O)C[C@@]2(O)C(=O)N(Cc3ccccc3)c3ccc(Br)cc32)c(C)c1. The van der Waals surface area contributed by atoms with Gasteiger partial charge in [0.1, 0.15) is 0 Å². The van der Waals surface area contributed by atoms with Crippen molar-refractivity contribution in [1.29, 1.82) is 0 Å². The smallest absolute Gasteiger partial charge is 0.264 e. The number of carbonyl (C=O) groups is 2. The molecule has 31 heavy (non-hydrogen) atoms. The molecule has 0 aliphatic carbocycles. The van der Waals surface area contributed by atoms with Crippen molar-refractivity contribution in [3.05, 3.63) is 98.5 Å². The highest BCUT2D eigenvalue weighted by molar-refractivity contribution is 9.10. The van der Waals surface area contributed by atoms with E-state index in [2.05, 4.69) is 15.9 Å². The van der Waals surface area contributed by atoms with E-state index in [1.807, 2.05) is 75.4 Å². The molecule has 0 radical (unpaired) electrons. The lowest BCUT2D eigenvalue weighted by Gasteiger charge is -2.23. The molecule has 1 aliphatic heterocycles. The van der Waals surface area contributed by atoms with Crippen molar-refractivity contribution in [2.45, 2.75) is 39.3 Å². The molecule has 3 aromatic carbocycles. The maximum absolute atomic E-state index is 13.5. The van der Waals surface area contributed by atoms with Crippen LogP contribution in [0.25, 0.3) is 0 Å². The third-order valence-corrected chi connectivity index (χ3v) is 6.34. The molecule has 3 aromatic rings. The molecule has 4 nitrogen and oxygen atoms in total. The van der Waals surface area contributed by atoms with E-state index in [0.717, 1.165) is 26.7 Å². The topological polar surface area (TPSA) is 57.6 Å². The molecule has 1 N–H and O–H groups in total. The molecule has 1 aliphatic rings. The first-order valence-electron chi connectivity index (χ1n) is 10.2. The summed E-state index contributed by atoms with van der Waals surface area (Å²) >= 11 is 3.44. The third-order valence-electron chi connectivity index (χ3n) is 5.85. The Morgan fingerprint density at radius 1 is 1.00 bits per heavy atom. The summed E-state index contributed by atoms with van der Waals surface area (Å²) in [6, 6.07) is 18.9. The zero-order chi connectivity index (χ0) is 22.3. The summed E-state index contributed by atoms with van der Waals surface area (Å²) in [6.07, 6.45) is -0.300. The summed E-state index contributed by atoms with van der Waals surface area (Å²) in [5, 5.41) is 11.6. The largest absolute Gasteiger partial charge is 0.375 e. The Balaban J connectivity index is 1.74. The van der Waals surface area contributed by atoms with Crippen molar-refractivity contribution in [2.24, 2.45) is 0 Å². The van der Waals surface area contributed by atoms with Crippen LogP contribution in [0.15, 0.2) is 65.1 Å². The predicted octanol–water partition coefficient (Wildman–Crippen LogP) is 5.38. The summed E-state index contributed by atoms with van der Waals surface area (Å²) in [6.45, 7) is 6.09. The van der Waals surface area contributed by atoms with Crippen LogP contribution in [0.3, 0.4) is 0 Å². The van der Waals surface area contributed by atoms with Gasteiger partial charge in [-0.25, -0.2) is 0 Å². The van der Waals surface area contributed by atoms with E-state index in [1.165, 1.54) is 0 Å². The second kappa shape index (κ2) is 8.06. The number of halogens is 1. The van der Waals surface area contributed by atoms with Crippen molar-refractivity contribution in [3.8, 4) is 0 Å². The van der Waals surface area contributed by atoms with Gasteiger partial charge in [0, 0.05) is 15.6 Å². The fourth-order valence-electron chi connectivity index (χ4n) is 4.56. The average Bonchev–Trinajstić information content (AvgIpc) is 2.89. The van der Waals surface area contributed by atoms with E-state index in [1.54, 1.807) is 11.0 Å². The number of nitrogens with zero attached hydrogens (tertiary/aromatic N) is 1. The van der Waals surface area contributed by atoms with Crippen molar-refractivity contribution < 1.29 is 14.7 Å². The summed E-state index contributed by atoms with van der Waals surface area (Å²) in [5.74, 6) is -0.710. The van der Waals surface area contributed by atoms with Crippen molar-refractivity contribution in [2.75, 3.05) is 4.90 Å². The zero-order valence-corrected chi connectivity index (χ0v) is 19.4. The molecule has 0 bridgehead atoms.